The van der Waals surface area contributed by atoms with E-state index in [1.165, 1.54) is 13.8 Å². The van der Waals surface area contributed by atoms with E-state index in [0.29, 0.717) is 0 Å². The van der Waals surface area contributed by atoms with Crippen LogP contribution >= 0.6 is 0 Å². The lowest BCUT2D eigenvalue weighted by Gasteiger charge is -2.18. The van der Waals surface area contributed by atoms with Crippen molar-refractivity contribution in [3.8, 4) is 12.1 Å². The Bertz CT molecular complexity index is 451. The first-order valence-electron chi connectivity index (χ1n) is 5.86. The molecule has 0 saturated carbocycles. The molecule has 0 aliphatic heterocycles. The molecule has 0 aliphatic carbocycles. The van der Waals surface area contributed by atoms with E-state index in [0.717, 1.165) is 0 Å². The van der Waals surface area contributed by atoms with Crippen LogP contribution in [0.3, 0.4) is 0 Å². The van der Waals surface area contributed by atoms with Crippen molar-refractivity contribution in [2.75, 3.05) is 0 Å². The predicted molar refractivity (Wildman–Crippen MR) is 76.7 cm³/mol. The molecule has 0 aromatic rings. The SMILES string of the molecule is CC(C#N)(CCC(=O)O)/N=N/C(C)(C#N)CCC(=O)O.N.N. The second kappa shape index (κ2) is 10.2. The molecule has 0 aromatic carbocycles. The Morgan fingerprint density at radius 1 is 0.909 bits per heavy atom. The van der Waals surface area contributed by atoms with Crippen LogP contribution in [0.2, 0.25) is 0 Å². The third kappa shape index (κ3) is 9.36. The van der Waals surface area contributed by atoms with E-state index < -0.39 is 23.0 Å². The van der Waals surface area contributed by atoms with Crippen molar-refractivity contribution >= 4 is 11.9 Å². The zero-order valence-electron chi connectivity index (χ0n) is 12.7. The van der Waals surface area contributed by atoms with E-state index in [-0.39, 0.29) is 38.0 Å². The first-order valence-corrected chi connectivity index (χ1v) is 5.86. The van der Waals surface area contributed by atoms with Crippen molar-refractivity contribution in [1.82, 2.24) is 12.3 Å². The van der Waals surface area contributed by atoms with Crippen LogP contribution in [0.5, 0.6) is 0 Å². The summed E-state index contributed by atoms with van der Waals surface area (Å²) in [6.07, 6.45) is -0.575. The molecule has 2 atom stereocenters. The minimum absolute atomic E-state index is 0. The maximum Gasteiger partial charge on any atom is 0.303 e. The lowest BCUT2D eigenvalue weighted by atomic mass is 9.97. The maximum atomic E-state index is 10.5. The van der Waals surface area contributed by atoms with Crippen molar-refractivity contribution in [3.63, 3.8) is 0 Å². The monoisotopic (exact) mass is 314 g/mol. The largest absolute Gasteiger partial charge is 0.481 e. The average molecular weight is 314 g/mol. The van der Waals surface area contributed by atoms with Crippen LogP contribution in [-0.2, 0) is 9.59 Å². The Morgan fingerprint density at radius 2 is 1.18 bits per heavy atom. The summed E-state index contributed by atoms with van der Waals surface area (Å²) in [6.45, 7) is 2.82. The molecular weight excluding hydrogens is 292 g/mol. The Kier molecular flexibility index (Phi) is 11.3. The van der Waals surface area contributed by atoms with Crippen LogP contribution in [0.4, 0.5) is 0 Å². The highest BCUT2D eigenvalue weighted by Crippen LogP contribution is 2.23. The molecule has 0 amide bonds. The molecule has 0 bridgehead atoms. The lowest BCUT2D eigenvalue weighted by molar-refractivity contribution is -0.138. The number of carboxylic acid groups (broad SMARTS) is 2. The normalized spacial score (nSPS) is 15.1. The first kappa shape index (κ1) is 24.5. The average Bonchev–Trinajstić information content (AvgIpc) is 2.41. The lowest BCUT2D eigenvalue weighted by Crippen LogP contribution is -2.25. The number of carbonyl (C=O) groups is 2. The van der Waals surface area contributed by atoms with Crippen molar-refractivity contribution in [1.29, 1.82) is 10.5 Å². The minimum Gasteiger partial charge on any atom is -0.481 e. The van der Waals surface area contributed by atoms with Crippen LogP contribution in [0.15, 0.2) is 10.2 Å². The van der Waals surface area contributed by atoms with E-state index in [2.05, 4.69) is 10.2 Å². The van der Waals surface area contributed by atoms with Crippen LogP contribution in [0.25, 0.3) is 0 Å². The standard InChI is InChI=1S/C12H16N4O4.2H3N/c1-11(7-13,5-3-9(17)18)15-16-12(2,8-14)6-4-10(19)20;;/h3-6H2,1-2H3,(H,17,18)(H,19,20);2*1H3/b16-15+;;. The summed E-state index contributed by atoms with van der Waals surface area (Å²) in [5.41, 5.74) is -2.69. The van der Waals surface area contributed by atoms with Crippen LogP contribution in [-0.4, -0.2) is 33.2 Å². The van der Waals surface area contributed by atoms with Crippen molar-refractivity contribution in [3.05, 3.63) is 0 Å². The van der Waals surface area contributed by atoms with Gasteiger partial charge in [0.25, 0.3) is 0 Å². The van der Waals surface area contributed by atoms with Crippen molar-refractivity contribution < 1.29 is 19.8 Å². The number of nitrogens with zero attached hydrogens (tertiary/aromatic N) is 4. The van der Waals surface area contributed by atoms with Gasteiger partial charge in [-0.15, -0.1) is 0 Å². The van der Waals surface area contributed by atoms with Crippen molar-refractivity contribution in [2.45, 2.75) is 50.6 Å². The number of rotatable bonds is 8. The Morgan fingerprint density at radius 3 is 1.36 bits per heavy atom. The molecule has 0 saturated heterocycles. The van der Waals surface area contributed by atoms with Gasteiger partial charge in [0.2, 0.25) is 0 Å². The van der Waals surface area contributed by atoms with Crippen molar-refractivity contribution in [2.24, 2.45) is 10.2 Å². The number of carboxylic acids is 2. The van der Waals surface area contributed by atoms with Crippen LogP contribution < -0.4 is 12.3 Å². The number of hydrogen-bond donors (Lipinski definition) is 4. The van der Waals surface area contributed by atoms with Gasteiger partial charge in [-0.25, -0.2) is 0 Å². The third-order valence-electron chi connectivity index (χ3n) is 2.62. The quantitative estimate of drug-likeness (QED) is 0.484. The Hall–Kier alpha value is -2.56. The summed E-state index contributed by atoms with van der Waals surface area (Å²) in [5.74, 6) is -2.12. The molecule has 0 fully saturated rings. The fraction of sp³-hybridized carbons (Fsp3) is 0.667. The molecule has 0 radical (unpaired) electrons. The smallest absolute Gasteiger partial charge is 0.303 e. The van der Waals surface area contributed by atoms with Gasteiger partial charge in [0.15, 0.2) is 11.1 Å². The zero-order chi connectivity index (χ0) is 15.8. The fourth-order valence-corrected chi connectivity index (χ4v) is 1.18. The van der Waals surface area contributed by atoms with E-state index in [1.54, 1.807) is 0 Å². The van der Waals surface area contributed by atoms with Gasteiger partial charge >= 0.3 is 11.9 Å². The van der Waals surface area contributed by atoms with Gasteiger partial charge in [0.1, 0.15) is 0 Å². The Labute approximate surface area is 128 Å². The van der Waals surface area contributed by atoms with Gasteiger partial charge in [-0.3, -0.25) is 9.59 Å². The maximum absolute atomic E-state index is 10.5. The molecule has 0 spiro atoms. The highest BCUT2D eigenvalue weighted by atomic mass is 16.4. The zero-order valence-corrected chi connectivity index (χ0v) is 12.7. The molecule has 0 aromatic heterocycles. The molecule has 0 heterocycles. The fourth-order valence-electron chi connectivity index (χ4n) is 1.18. The van der Waals surface area contributed by atoms with E-state index >= 15 is 0 Å². The Balaban J connectivity index is -0.00000180. The molecule has 22 heavy (non-hydrogen) atoms. The summed E-state index contributed by atoms with van der Waals surface area (Å²) < 4.78 is 0. The van der Waals surface area contributed by atoms with Gasteiger partial charge in [-0.2, -0.15) is 20.8 Å². The van der Waals surface area contributed by atoms with E-state index in [1.807, 2.05) is 12.1 Å². The molecule has 0 aliphatic rings. The number of azo groups is 1. The van der Waals surface area contributed by atoms with E-state index in [9.17, 15) is 9.59 Å². The van der Waals surface area contributed by atoms with Gasteiger partial charge in [-0.05, 0) is 26.7 Å². The molecule has 10 nitrogen and oxygen atoms in total. The summed E-state index contributed by atoms with van der Waals surface area (Å²) in [6, 6.07) is 3.69. The summed E-state index contributed by atoms with van der Waals surface area (Å²) in [4.78, 5) is 21.0. The first-order chi connectivity index (χ1) is 9.16. The molecule has 2 unspecified atom stereocenters. The van der Waals surface area contributed by atoms with E-state index in [4.69, 9.17) is 20.7 Å². The second-order valence-electron chi connectivity index (χ2n) is 4.76. The molecule has 8 N–H and O–H groups in total. The van der Waals surface area contributed by atoms with Gasteiger partial charge in [0, 0.05) is 12.8 Å². The van der Waals surface area contributed by atoms with Gasteiger partial charge < -0.3 is 22.5 Å². The molecule has 0 rings (SSSR count). The van der Waals surface area contributed by atoms with Gasteiger partial charge in [-0.1, -0.05) is 0 Å². The number of nitriles is 2. The molecular formula is C12H22N6O4. The summed E-state index contributed by atoms with van der Waals surface area (Å²) in [5, 5.41) is 42.7. The topological polar surface area (TPSA) is 217 Å². The summed E-state index contributed by atoms with van der Waals surface area (Å²) >= 11 is 0. The second-order valence-corrected chi connectivity index (χ2v) is 4.76. The predicted octanol–water partition coefficient (Wildman–Crippen LogP) is 2.06. The highest BCUT2D eigenvalue weighted by Gasteiger charge is 2.29. The van der Waals surface area contributed by atoms with Crippen LogP contribution in [0.1, 0.15) is 39.5 Å². The minimum atomic E-state index is -1.35. The third-order valence-corrected chi connectivity index (χ3v) is 2.62. The van der Waals surface area contributed by atoms with Crippen LogP contribution in [0, 0.1) is 22.7 Å². The molecule has 124 valence electrons. The number of aliphatic carboxylic acids is 2. The summed E-state index contributed by atoms with van der Waals surface area (Å²) in [7, 11) is 0. The number of hydrogen-bond acceptors (Lipinski definition) is 8. The van der Waals surface area contributed by atoms with Gasteiger partial charge in [0.05, 0.1) is 12.1 Å². The highest BCUT2D eigenvalue weighted by molar-refractivity contribution is 5.67. The molecule has 10 heteroatoms.